The number of hydrogen-bond acceptors (Lipinski definition) is 4. The first-order valence-corrected chi connectivity index (χ1v) is 8.65. The van der Waals surface area contributed by atoms with Gasteiger partial charge in [-0.2, -0.15) is 0 Å². The number of ether oxygens (including phenoxy) is 1. The Kier molecular flexibility index (Phi) is 5.58. The van der Waals surface area contributed by atoms with E-state index in [0.717, 1.165) is 11.3 Å². The molecule has 1 fully saturated rings. The number of carbonyl (C=O) groups excluding carboxylic acids is 1. The van der Waals surface area contributed by atoms with Crippen LogP contribution < -0.4 is 20.9 Å². The summed E-state index contributed by atoms with van der Waals surface area (Å²) in [6.45, 7) is 2.08. The molecule has 3 unspecified atom stereocenters. The Morgan fingerprint density at radius 2 is 1.96 bits per heavy atom. The van der Waals surface area contributed by atoms with Crippen molar-refractivity contribution < 1.29 is 9.53 Å². The molecule has 1 saturated heterocycles. The third-order valence-electron chi connectivity index (χ3n) is 4.54. The minimum atomic E-state index is -0.0249. The second-order valence-corrected chi connectivity index (χ2v) is 6.69. The van der Waals surface area contributed by atoms with Crippen molar-refractivity contribution in [3.8, 4) is 5.75 Å². The monoisotopic (exact) mass is 359 g/mol. The van der Waals surface area contributed by atoms with Crippen LogP contribution in [0.25, 0.3) is 0 Å². The van der Waals surface area contributed by atoms with Gasteiger partial charge in [0.2, 0.25) is 5.91 Å². The Bertz CT molecular complexity index is 736. The summed E-state index contributed by atoms with van der Waals surface area (Å²) in [7, 11) is 1.65. The highest BCUT2D eigenvalue weighted by Crippen LogP contribution is 2.32. The van der Waals surface area contributed by atoms with Gasteiger partial charge in [0.15, 0.2) is 0 Å². The molecule has 0 spiro atoms. The summed E-state index contributed by atoms with van der Waals surface area (Å²) in [5.74, 6) is 0.925. The molecule has 3 N–H and O–H groups in total. The lowest BCUT2D eigenvalue weighted by Crippen LogP contribution is -2.29. The first kappa shape index (κ1) is 17.7. The van der Waals surface area contributed by atoms with Crippen molar-refractivity contribution in [3.63, 3.8) is 0 Å². The zero-order valence-corrected chi connectivity index (χ0v) is 15.0. The SMILES string of the molecule is COc1ccc(C2NNC(C)C2CC(=O)Nc2cccc(Cl)c2)cc1. The van der Waals surface area contributed by atoms with Crippen LogP contribution in [0.5, 0.6) is 5.75 Å². The predicted molar refractivity (Wildman–Crippen MR) is 99.7 cm³/mol. The van der Waals surface area contributed by atoms with Gasteiger partial charge in [-0.25, -0.2) is 5.43 Å². The number of methoxy groups -OCH3 is 1. The van der Waals surface area contributed by atoms with Crippen molar-refractivity contribution in [2.75, 3.05) is 12.4 Å². The molecule has 3 atom stereocenters. The van der Waals surface area contributed by atoms with Gasteiger partial charge in [-0.05, 0) is 42.8 Å². The van der Waals surface area contributed by atoms with E-state index in [1.54, 1.807) is 19.2 Å². The van der Waals surface area contributed by atoms with Gasteiger partial charge in [0.05, 0.1) is 13.2 Å². The maximum absolute atomic E-state index is 12.5. The molecule has 2 aromatic carbocycles. The van der Waals surface area contributed by atoms with E-state index in [0.29, 0.717) is 17.1 Å². The number of carbonyl (C=O) groups is 1. The summed E-state index contributed by atoms with van der Waals surface area (Å²) < 4.78 is 5.21. The minimum absolute atomic E-state index is 0.0249. The Hall–Kier alpha value is -2.08. The van der Waals surface area contributed by atoms with Gasteiger partial charge in [0.25, 0.3) is 0 Å². The molecule has 6 heteroatoms. The van der Waals surface area contributed by atoms with Gasteiger partial charge in [-0.15, -0.1) is 0 Å². The van der Waals surface area contributed by atoms with Crippen molar-refractivity contribution in [1.29, 1.82) is 0 Å². The van der Waals surface area contributed by atoms with Crippen molar-refractivity contribution in [2.45, 2.75) is 25.4 Å². The van der Waals surface area contributed by atoms with Crippen molar-refractivity contribution in [1.82, 2.24) is 10.9 Å². The van der Waals surface area contributed by atoms with Gasteiger partial charge < -0.3 is 10.1 Å². The van der Waals surface area contributed by atoms with Crippen LogP contribution in [0.1, 0.15) is 24.9 Å². The summed E-state index contributed by atoms with van der Waals surface area (Å²) in [6, 6.07) is 15.3. The number of rotatable bonds is 5. The average Bonchev–Trinajstić information content (AvgIpc) is 2.95. The summed E-state index contributed by atoms with van der Waals surface area (Å²) >= 11 is 5.97. The largest absolute Gasteiger partial charge is 0.497 e. The summed E-state index contributed by atoms with van der Waals surface area (Å²) in [4.78, 5) is 12.5. The van der Waals surface area contributed by atoms with Crippen LogP contribution in [0, 0.1) is 5.92 Å². The molecule has 0 saturated carbocycles. The molecule has 0 radical (unpaired) electrons. The number of benzene rings is 2. The number of hydrogen-bond donors (Lipinski definition) is 3. The van der Waals surface area contributed by atoms with Crippen LogP contribution >= 0.6 is 11.6 Å². The number of hydrazine groups is 1. The van der Waals surface area contributed by atoms with E-state index >= 15 is 0 Å². The van der Waals surface area contributed by atoms with Crippen molar-refractivity contribution in [3.05, 3.63) is 59.1 Å². The average molecular weight is 360 g/mol. The molecule has 1 amide bonds. The van der Waals surface area contributed by atoms with Gasteiger partial charge in [0, 0.05) is 29.1 Å². The van der Waals surface area contributed by atoms with E-state index in [2.05, 4.69) is 23.1 Å². The number of nitrogens with one attached hydrogen (secondary N) is 3. The zero-order valence-electron chi connectivity index (χ0n) is 14.3. The lowest BCUT2D eigenvalue weighted by atomic mass is 9.87. The fourth-order valence-corrected chi connectivity index (χ4v) is 3.34. The van der Waals surface area contributed by atoms with Crippen LogP contribution in [-0.2, 0) is 4.79 Å². The smallest absolute Gasteiger partial charge is 0.224 e. The highest BCUT2D eigenvalue weighted by atomic mass is 35.5. The highest BCUT2D eigenvalue weighted by Gasteiger charge is 2.35. The highest BCUT2D eigenvalue weighted by molar-refractivity contribution is 6.30. The molecule has 1 heterocycles. The lowest BCUT2D eigenvalue weighted by Gasteiger charge is -2.21. The summed E-state index contributed by atoms with van der Waals surface area (Å²) in [6.07, 6.45) is 0.407. The molecule has 5 nitrogen and oxygen atoms in total. The fourth-order valence-electron chi connectivity index (χ4n) is 3.15. The molecule has 1 aliphatic heterocycles. The Morgan fingerprint density at radius 1 is 1.20 bits per heavy atom. The van der Waals surface area contributed by atoms with Gasteiger partial charge >= 0.3 is 0 Å². The van der Waals surface area contributed by atoms with Crippen LogP contribution in [-0.4, -0.2) is 19.1 Å². The molecule has 0 bridgehead atoms. The first-order chi connectivity index (χ1) is 12.1. The van der Waals surface area contributed by atoms with Crippen LogP contribution in [0.3, 0.4) is 0 Å². The molecule has 0 aliphatic carbocycles. The number of amides is 1. The molecule has 25 heavy (non-hydrogen) atoms. The predicted octanol–water partition coefficient (Wildman–Crippen LogP) is 3.53. The zero-order chi connectivity index (χ0) is 17.8. The maximum Gasteiger partial charge on any atom is 0.224 e. The summed E-state index contributed by atoms with van der Waals surface area (Å²) in [5.41, 5.74) is 8.38. The Labute approximate surface area is 152 Å². The Balaban J connectivity index is 1.68. The molecule has 2 aromatic rings. The summed E-state index contributed by atoms with van der Waals surface area (Å²) in [5, 5.41) is 3.52. The van der Waals surface area contributed by atoms with Crippen molar-refractivity contribution >= 4 is 23.2 Å². The lowest BCUT2D eigenvalue weighted by molar-refractivity contribution is -0.117. The molecule has 0 aromatic heterocycles. The topological polar surface area (TPSA) is 62.4 Å². The van der Waals surface area contributed by atoms with E-state index in [4.69, 9.17) is 16.3 Å². The number of halogens is 1. The van der Waals surface area contributed by atoms with Crippen LogP contribution in [0.2, 0.25) is 5.02 Å². The molecule has 1 aliphatic rings. The third-order valence-corrected chi connectivity index (χ3v) is 4.78. The van der Waals surface area contributed by atoms with Crippen molar-refractivity contribution in [2.24, 2.45) is 5.92 Å². The maximum atomic E-state index is 12.5. The normalized spacial score (nSPS) is 22.6. The van der Waals surface area contributed by atoms with Gasteiger partial charge in [-0.1, -0.05) is 29.8 Å². The van der Waals surface area contributed by atoms with Crippen LogP contribution in [0.15, 0.2) is 48.5 Å². The fraction of sp³-hybridized carbons (Fsp3) is 0.316. The van der Waals surface area contributed by atoms with E-state index in [-0.39, 0.29) is 23.9 Å². The van der Waals surface area contributed by atoms with Gasteiger partial charge in [0.1, 0.15) is 5.75 Å². The Morgan fingerprint density at radius 3 is 2.64 bits per heavy atom. The van der Waals surface area contributed by atoms with Gasteiger partial charge in [-0.3, -0.25) is 10.2 Å². The molecular weight excluding hydrogens is 338 g/mol. The van der Waals surface area contributed by atoms with E-state index in [9.17, 15) is 4.79 Å². The third kappa shape index (κ3) is 4.31. The van der Waals surface area contributed by atoms with E-state index < -0.39 is 0 Å². The van der Waals surface area contributed by atoms with E-state index in [1.807, 2.05) is 36.4 Å². The van der Waals surface area contributed by atoms with E-state index in [1.165, 1.54) is 0 Å². The first-order valence-electron chi connectivity index (χ1n) is 8.27. The standard InChI is InChI=1S/C19H22ClN3O2/c1-12-17(11-18(24)21-15-5-3-4-14(20)10-15)19(23-22-12)13-6-8-16(25-2)9-7-13/h3-10,12,17,19,22-23H,11H2,1-2H3,(H,21,24). The number of anilines is 1. The van der Waals surface area contributed by atoms with Crippen LogP contribution in [0.4, 0.5) is 5.69 Å². The molecule has 132 valence electrons. The molecule has 3 rings (SSSR count). The second kappa shape index (κ2) is 7.87. The molecular formula is C19H22ClN3O2. The quantitative estimate of drug-likeness (QED) is 0.764. The minimum Gasteiger partial charge on any atom is -0.497 e. The second-order valence-electron chi connectivity index (χ2n) is 6.25.